The van der Waals surface area contributed by atoms with Crippen LogP contribution in [0.1, 0.15) is 13.3 Å². The second-order valence-electron chi connectivity index (χ2n) is 3.85. The number of hydrogen-bond acceptors (Lipinski definition) is 3. The van der Waals surface area contributed by atoms with Gasteiger partial charge in [-0.2, -0.15) is 0 Å². The summed E-state index contributed by atoms with van der Waals surface area (Å²) in [4.78, 5) is 0. The predicted molar refractivity (Wildman–Crippen MR) is 71.4 cm³/mol. The molecule has 2 nitrogen and oxygen atoms in total. The van der Waals surface area contributed by atoms with E-state index in [9.17, 15) is 0 Å². The second kappa shape index (κ2) is 5.32. The zero-order valence-electron chi connectivity index (χ0n) is 9.69. The molecule has 0 aliphatic carbocycles. The standard InChI is InChI=1S/C13H17NOS/c1-3-11(9-15-2)14-12-6-4-5-10-7-8-16-13(10)12/h4-8,11,14H,3,9H2,1-2H3. The van der Waals surface area contributed by atoms with E-state index in [1.165, 1.54) is 15.8 Å². The van der Waals surface area contributed by atoms with Crippen LogP contribution in [0.15, 0.2) is 29.6 Å². The summed E-state index contributed by atoms with van der Waals surface area (Å²) in [6.07, 6.45) is 1.07. The highest BCUT2D eigenvalue weighted by atomic mass is 32.1. The molecular formula is C13H17NOS. The van der Waals surface area contributed by atoms with Crippen molar-refractivity contribution in [2.24, 2.45) is 0 Å². The monoisotopic (exact) mass is 235 g/mol. The second-order valence-corrected chi connectivity index (χ2v) is 4.77. The molecule has 1 unspecified atom stereocenters. The van der Waals surface area contributed by atoms with Crippen molar-refractivity contribution in [3.05, 3.63) is 29.6 Å². The minimum atomic E-state index is 0.387. The van der Waals surface area contributed by atoms with E-state index in [4.69, 9.17) is 4.74 Å². The highest BCUT2D eigenvalue weighted by molar-refractivity contribution is 7.17. The molecule has 0 fully saturated rings. The Morgan fingerprint density at radius 3 is 3.00 bits per heavy atom. The molecule has 0 amide bonds. The molecule has 0 bridgehead atoms. The lowest BCUT2D eigenvalue weighted by molar-refractivity contribution is 0.184. The van der Waals surface area contributed by atoms with Crippen LogP contribution in [0, 0.1) is 0 Å². The van der Waals surface area contributed by atoms with Gasteiger partial charge < -0.3 is 10.1 Å². The summed E-state index contributed by atoms with van der Waals surface area (Å²) in [5.41, 5.74) is 1.22. The third-order valence-electron chi connectivity index (χ3n) is 2.70. The summed E-state index contributed by atoms with van der Waals surface area (Å²) in [6.45, 7) is 2.92. The van der Waals surface area contributed by atoms with Crippen molar-refractivity contribution >= 4 is 27.1 Å². The highest BCUT2D eigenvalue weighted by Gasteiger charge is 2.08. The van der Waals surface area contributed by atoms with Crippen molar-refractivity contribution in [3.8, 4) is 0 Å². The summed E-state index contributed by atoms with van der Waals surface area (Å²) in [5, 5.41) is 6.98. The molecule has 0 aliphatic rings. The van der Waals surface area contributed by atoms with Gasteiger partial charge in [0, 0.05) is 13.2 Å². The Hall–Kier alpha value is -1.06. The zero-order valence-corrected chi connectivity index (χ0v) is 10.5. The van der Waals surface area contributed by atoms with Crippen LogP contribution in [0.3, 0.4) is 0 Å². The van der Waals surface area contributed by atoms with Crippen LogP contribution in [0.2, 0.25) is 0 Å². The van der Waals surface area contributed by atoms with Gasteiger partial charge in [0.15, 0.2) is 0 Å². The Labute approximate surface area is 100 Å². The van der Waals surface area contributed by atoms with Crippen molar-refractivity contribution in [2.45, 2.75) is 19.4 Å². The topological polar surface area (TPSA) is 21.3 Å². The van der Waals surface area contributed by atoms with E-state index in [1.54, 1.807) is 18.4 Å². The summed E-state index contributed by atoms with van der Waals surface area (Å²) < 4.78 is 6.53. The maximum atomic E-state index is 5.20. The van der Waals surface area contributed by atoms with Gasteiger partial charge in [-0.25, -0.2) is 0 Å². The Balaban J connectivity index is 2.22. The fourth-order valence-electron chi connectivity index (χ4n) is 1.79. The van der Waals surface area contributed by atoms with E-state index in [1.807, 2.05) is 0 Å². The van der Waals surface area contributed by atoms with Gasteiger partial charge in [-0.05, 0) is 29.3 Å². The van der Waals surface area contributed by atoms with E-state index < -0.39 is 0 Å². The Morgan fingerprint density at radius 1 is 1.38 bits per heavy atom. The molecule has 0 spiro atoms. The van der Waals surface area contributed by atoms with Crippen molar-refractivity contribution in [1.29, 1.82) is 0 Å². The third-order valence-corrected chi connectivity index (χ3v) is 3.66. The molecule has 1 aromatic heterocycles. The number of rotatable bonds is 5. The minimum absolute atomic E-state index is 0.387. The third kappa shape index (κ3) is 2.36. The van der Waals surface area contributed by atoms with Gasteiger partial charge in [-0.15, -0.1) is 11.3 Å². The Bertz CT molecular complexity index is 452. The van der Waals surface area contributed by atoms with Gasteiger partial charge in [0.25, 0.3) is 0 Å². The first-order valence-corrected chi connectivity index (χ1v) is 6.44. The maximum absolute atomic E-state index is 5.20. The first kappa shape index (κ1) is 11.4. The number of anilines is 1. The largest absolute Gasteiger partial charge is 0.383 e. The van der Waals surface area contributed by atoms with Gasteiger partial charge in [0.1, 0.15) is 0 Å². The van der Waals surface area contributed by atoms with E-state index >= 15 is 0 Å². The lowest BCUT2D eigenvalue weighted by Gasteiger charge is -2.17. The van der Waals surface area contributed by atoms with Crippen LogP contribution in [-0.4, -0.2) is 19.8 Å². The minimum Gasteiger partial charge on any atom is -0.383 e. The summed E-state index contributed by atoms with van der Waals surface area (Å²) in [7, 11) is 1.75. The summed E-state index contributed by atoms with van der Waals surface area (Å²) in [5.74, 6) is 0. The molecule has 1 heterocycles. The van der Waals surface area contributed by atoms with Crippen LogP contribution >= 0.6 is 11.3 Å². The lowest BCUT2D eigenvalue weighted by Crippen LogP contribution is -2.23. The molecule has 1 atom stereocenters. The molecule has 0 aliphatic heterocycles. The van der Waals surface area contributed by atoms with E-state index in [0.717, 1.165) is 13.0 Å². The molecule has 0 saturated carbocycles. The van der Waals surface area contributed by atoms with Crippen LogP contribution in [0.5, 0.6) is 0 Å². The first-order chi connectivity index (χ1) is 7.85. The molecule has 2 aromatic rings. The lowest BCUT2D eigenvalue weighted by atomic mass is 10.2. The van der Waals surface area contributed by atoms with E-state index in [2.05, 4.69) is 41.9 Å². The average Bonchev–Trinajstić information content (AvgIpc) is 2.77. The average molecular weight is 235 g/mol. The number of fused-ring (bicyclic) bond motifs is 1. The molecule has 3 heteroatoms. The number of thiophene rings is 1. The smallest absolute Gasteiger partial charge is 0.0663 e. The molecule has 86 valence electrons. The fourth-order valence-corrected chi connectivity index (χ4v) is 2.67. The summed E-state index contributed by atoms with van der Waals surface area (Å²) in [6, 6.07) is 8.92. The Morgan fingerprint density at radius 2 is 2.25 bits per heavy atom. The number of hydrogen-bond donors (Lipinski definition) is 1. The molecular weight excluding hydrogens is 218 g/mol. The zero-order chi connectivity index (χ0) is 11.4. The molecule has 0 saturated heterocycles. The van der Waals surface area contributed by atoms with Crippen molar-refractivity contribution in [2.75, 3.05) is 19.0 Å². The van der Waals surface area contributed by atoms with Gasteiger partial charge in [-0.3, -0.25) is 0 Å². The van der Waals surface area contributed by atoms with Gasteiger partial charge in [-0.1, -0.05) is 19.1 Å². The van der Waals surface area contributed by atoms with Crippen LogP contribution in [0.25, 0.3) is 10.1 Å². The SMILES string of the molecule is CCC(COC)Nc1cccc2ccsc12. The molecule has 1 N–H and O–H groups in total. The maximum Gasteiger partial charge on any atom is 0.0663 e. The van der Waals surface area contributed by atoms with Crippen molar-refractivity contribution < 1.29 is 4.74 Å². The number of methoxy groups -OCH3 is 1. The summed E-state index contributed by atoms with van der Waals surface area (Å²) >= 11 is 1.78. The molecule has 16 heavy (non-hydrogen) atoms. The predicted octanol–water partition coefficient (Wildman–Crippen LogP) is 3.74. The Kier molecular flexibility index (Phi) is 3.80. The fraction of sp³-hybridized carbons (Fsp3) is 0.385. The van der Waals surface area contributed by atoms with Crippen LogP contribution in [-0.2, 0) is 4.74 Å². The molecule has 1 aromatic carbocycles. The first-order valence-electron chi connectivity index (χ1n) is 5.57. The van der Waals surface area contributed by atoms with E-state index in [0.29, 0.717) is 6.04 Å². The van der Waals surface area contributed by atoms with Gasteiger partial charge in [0.05, 0.1) is 17.0 Å². The molecule has 2 rings (SSSR count). The van der Waals surface area contributed by atoms with Gasteiger partial charge in [0.2, 0.25) is 0 Å². The van der Waals surface area contributed by atoms with E-state index in [-0.39, 0.29) is 0 Å². The van der Waals surface area contributed by atoms with Crippen LogP contribution in [0.4, 0.5) is 5.69 Å². The van der Waals surface area contributed by atoms with Crippen LogP contribution < -0.4 is 5.32 Å². The van der Waals surface area contributed by atoms with Crippen molar-refractivity contribution in [3.63, 3.8) is 0 Å². The van der Waals surface area contributed by atoms with Crippen molar-refractivity contribution in [1.82, 2.24) is 0 Å². The van der Waals surface area contributed by atoms with Gasteiger partial charge >= 0.3 is 0 Å². The number of ether oxygens (including phenoxy) is 1. The number of benzene rings is 1. The number of nitrogens with one attached hydrogen (secondary N) is 1. The normalized spacial score (nSPS) is 12.9. The molecule has 0 radical (unpaired) electrons. The highest BCUT2D eigenvalue weighted by Crippen LogP contribution is 2.29. The quantitative estimate of drug-likeness (QED) is 0.852.